The van der Waals surface area contributed by atoms with Gasteiger partial charge in [-0.25, -0.2) is 5.84 Å². The fraction of sp³-hybridized carbons (Fsp3) is 0.727. The summed E-state index contributed by atoms with van der Waals surface area (Å²) in [7, 11) is 4.04. The Bertz CT molecular complexity index is 408. The summed E-state index contributed by atoms with van der Waals surface area (Å²) in [6.07, 6.45) is 0. The molecule has 0 fully saturated rings. The summed E-state index contributed by atoms with van der Waals surface area (Å²) in [6, 6.07) is 0.246. The van der Waals surface area contributed by atoms with Gasteiger partial charge in [0.2, 0.25) is 11.9 Å². The lowest BCUT2D eigenvalue weighted by Gasteiger charge is -2.32. The number of nitrogens with two attached hydrogens (primary N) is 1. The van der Waals surface area contributed by atoms with Crippen LogP contribution in [0.1, 0.15) is 20.8 Å². The van der Waals surface area contributed by atoms with Crippen molar-refractivity contribution in [2.75, 3.05) is 38.0 Å². The summed E-state index contributed by atoms with van der Waals surface area (Å²) in [6.45, 7) is 7.26. The highest BCUT2D eigenvalue weighted by Crippen LogP contribution is 2.14. The maximum atomic E-state index is 5.32. The van der Waals surface area contributed by atoms with Gasteiger partial charge in [-0.3, -0.25) is 5.43 Å². The largest absolute Gasteiger partial charge is 0.464 e. The molecule has 0 aliphatic heterocycles. The van der Waals surface area contributed by atoms with Gasteiger partial charge in [-0.2, -0.15) is 15.0 Å². The molecule has 0 aliphatic rings. The minimum Gasteiger partial charge on any atom is -0.464 e. The molecule has 0 spiro atoms. The Kier molecular flexibility index (Phi) is 5.25. The number of hydrazine groups is 1. The summed E-state index contributed by atoms with van der Waals surface area (Å²) in [5.41, 5.74) is 2.36. The van der Waals surface area contributed by atoms with E-state index in [4.69, 9.17) is 10.6 Å². The number of likely N-dealkylation sites (N-methyl/N-ethyl adjacent to an activating group) is 1. The lowest BCUT2D eigenvalue weighted by Crippen LogP contribution is -2.44. The molecule has 0 aliphatic carbocycles. The van der Waals surface area contributed by atoms with E-state index >= 15 is 0 Å². The molecule has 1 aromatic heterocycles. The van der Waals surface area contributed by atoms with Crippen LogP contribution in [0.5, 0.6) is 6.01 Å². The first kappa shape index (κ1) is 15.4. The third-order valence-electron chi connectivity index (χ3n) is 2.91. The van der Waals surface area contributed by atoms with Gasteiger partial charge in [0.1, 0.15) is 0 Å². The summed E-state index contributed by atoms with van der Waals surface area (Å²) in [5, 5.41) is 3.16. The van der Waals surface area contributed by atoms with Crippen molar-refractivity contribution in [1.82, 2.24) is 19.9 Å². The van der Waals surface area contributed by atoms with Gasteiger partial charge in [0.05, 0.1) is 6.61 Å². The molecule has 0 saturated heterocycles. The molecule has 8 heteroatoms. The van der Waals surface area contributed by atoms with Crippen molar-refractivity contribution in [3.05, 3.63) is 0 Å². The number of aromatic nitrogens is 3. The molecule has 0 atom stereocenters. The second kappa shape index (κ2) is 6.48. The van der Waals surface area contributed by atoms with Crippen molar-refractivity contribution >= 4 is 11.9 Å². The monoisotopic (exact) mass is 269 g/mol. The molecule has 4 N–H and O–H groups in total. The second-order valence-electron chi connectivity index (χ2n) is 4.90. The number of nitrogens with one attached hydrogen (secondary N) is 2. The first-order valence-electron chi connectivity index (χ1n) is 6.16. The molecular formula is C11H23N7O. The van der Waals surface area contributed by atoms with Crippen LogP contribution < -0.4 is 21.3 Å². The zero-order valence-corrected chi connectivity index (χ0v) is 12.2. The van der Waals surface area contributed by atoms with Crippen LogP contribution in [0.2, 0.25) is 0 Å². The maximum absolute atomic E-state index is 5.32. The predicted octanol–water partition coefficient (Wildman–Crippen LogP) is 0.308. The molecule has 19 heavy (non-hydrogen) atoms. The van der Waals surface area contributed by atoms with Crippen LogP contribution in [-0.4, -0.2) is 52.6 Å². The van der Waals surface area contributed by atoms with Gasteiger partial charge >= 0.3 is 6.01 Å². The number of nitrogen functional groups attached to an aromatic ring is 1. The highest BCUT2D eigenvalue weighted by molar-refractivity contribution is 5.35. The fourth-order valence-electron chi connectivity index (χ4n) is 1.15. The molecule has 0 radical (unpaired) electrons. The Balaban J connectivity index is 2.80. The van der Waals surface area contributed by atoms with E-state index in [1.165, 1.54) is 0 Å². The van der Waals surface area contributed by atoms with Crippen molar-refractivity contribution in [2.24, 2.45) is 5.84 Å². The van der Waals surface area contributed by atoms with Gasteiger partial charge < -0.3 is 15.0 Å². The first-order chi connectivity index (χ1) is 8.89. The summed E-state index contributed by atoms with van der Waals surface area (Å²) in [4.78, 5) is 14.4. The smallest absolute Gasteiger partial charge is 0.323 e. The van der Waals surface area contributed by atoms with Crippen LogP contribution in [0, 0.1) is 0 Å². The van der Waals surface area contributed by atoms with Crippen molar-refractivity contribution in [1.29, 1.82) is 0 Å². The van der Waals surface area contributed by atoms with Crippen LogP contribution in [-0.2, 0) is 0 Å². The maximum Gasteiger partial charge on any atom is 0.323 e. The molecule has 0 bridgehead atoms. The molecule has 1 aromatic rings. The van der Waals surface area contributed by atoms with Crippen LogP contribution >= 0.6 is 0 Å². The minimum absolute atomic E-state index is 0.0330. The zero-order valence-electron chi connectivity index (χ0n) is 12.2. The highest BCUT2D eigenvalue weighted by atomic mass is 16.5. The topological polar surface area (TPSA) is 101 Å². The fourth-order valence-corrected chi connectivity index (χ4v) is 1.15. The lowest BCUT2D eigenvalue weighted by molar-refractivity contribution is 0.209. The van der Waals surface area contributed by atoms with E-state index < -0.39 is 0 Å². The highest BCUT2D eigenvalue weighted by Gasteiger charge is 2.20. The number of nitrogens with zero attached hydrogens (tertiary/aromatic N) is 4. The number of hydrogen-bond acceptors (Lipinski definition) is 8. The van der Waals surface area contributed by atoms with Crippen molar-refractivity contribution in [3.63, 3.8) is 0 Å². The SMILES string of the molecule is CCOc1nc(NN)nc(NCC(C)(C)N(C)C)n1. The van der Waals surface area contributed by atoms with E-state index in [1.54, 1.807) is 0 Å². The van der Waals surface area contributed by atoms with Gasteiger partial charge in [-0.1, -0.05) is 0 Å². The first-order valence-corrected chi connectivity index (χ1v) is 6.16. The van der Waals surface area contributed by atoms with Gasteiger partial charge in [-0.15, -0.1) is 0 Å². The van der Waals surface area contributed by atoms with E-state index in [2.05, 4.69) is 44.4 Å². The molecule has 0 amide bonds. The van der Waals surface area contributed by atoms with Crippen LogP contribution in [0.15, 0.2) is 0 Å². The van der Waals surface area contributed by atoms with E-state index in [-0.39, 0.29) is 17.5 Å². The Labute approximate surface area is 113 Å². The number of anilines is 2. The summed E-state index contributed by atoms with van der Waals surface area (Å²) >= 11 is 0. The van der Waals surface area contributed by atoms with Gasteiger partial charge in [0.15, 0.2) is 0 Å². The average Bonchev–Trinajstić information content (AvgIpc) is 2.36. The van der Waals surface area contributed by atoms with Crippen LogP contribution in [0.4, 0.5) is 11.9 Å². The Morgan fingerprint density at radius 2 is 1.84 bits per heavy atom. The van der Waals surface area contributed by atoms with E-state index in [0.717, 1.165) is 0 Å². The van der Waals surface area contributed by atoms with E-state index in [9.17, 15) is 0 Å². The molecule has 108 valence electrons. The molecule has 0 unspecified atom stereocenters. The second-order valence-corrected chi connectivity index (χ2v) is 4.90. The molecule has 0 aromatic carbocycles. The van der Waals surface area contributed by atoms with Crippen molar-refractivity contribution < 1.29 is 4.74 Å². The van der Waals surface area contributed by atoms with Crippen LogP contribution in [0.3, 0.4) is 0 Å². The number of ether oxygens (including phenoxy) is 1. The normalized spacial score (nSPS) is 11.5. The van der Waals surface area contributed by atoms with Crippen molar-refractivity contribution in [2.45, 2.75) is 26.3 Å². The Hall–Kier alpha value is -1.67. The molecular weight excluding hydrogens is 246 g/mol. The average molecular weight is 269 g/mol. The Morgan fingerprint density at radius 3 is 2.37 bits per heavy atom. The molecule has 1 heterocycles. The van der Waals surface area contributed by atoms with Crippen LogP contribution in [0.25, 0.3) is 0 Å². The Morgan fingerprint density at radius 1 is 1.21 bits per heavy atom. The van der Waals surface area contributed by atoms with Crippen molar-refractivity contribution in [3.8, 4) is 6.01 Å². The van der Waals surface area contributed by atoms with E-state index in [0.29, 0.717) is 19.1 Å². The van der Waals surface area contributed by atoms with E-state index in [1.807, 2.05) is 21.0 Å². The molecule has 1 rings (SSSR count). The third kappa shape index (κ3) is 4.49. The quantitative estimate of drug-likeness (QED) is 0.480. The minimum atomic E-state index is -0.0330. The lowest BCUT2D eigenvalue weighted by atomic mass is 10.1. The van der Waals surface area contributed by atoms with Gasteiger partial charge in [0.25, 0.3) is 0 Å². The number of rotatable bonds is 7. The standard InChI is InChI=1S/C11H23N7O/c1-6-19-10-15-8(14-9(16-10)17-12)13-7-11(2,3)18(4)5/h6-7,12H2,1-5H3,(H2,13,14,15,16,17). The predicted molar refractivity (Wildman–Crippen MR) is 75.1 cm³/mol. The number of hydrogen-bond donors (Lipinski definition) is 3. The molecule has 0 saturated carbocycles. The summed E-state index contributed by atoms with van der Waals surface area (Å²) < 4.78 is 5.26. The zero-order chi connectivity index (χ0) is 14.5. The van der Waals surface area contributed by atoms with Gasteiger partial charge in [-0.05, 0) is 34.9 Å². The van der Waals surface area contributed by atoms with Gasteiger partial charge in [0, 0.05) is 12.1 Å². The molecule has 8 nitrogen and oxygen atoms in total. The summed E-state index contributed by atoms with van der Waals surface area (Å²) in [5.74, 6) is 6.02. The third-order valence-corrected chi connectivity index (χ3v) is 2.91.